The molecule has 1 aromatic carbocycles. The molecule has 4 atom stereocenters. The van der Waals surface area contributed by atoms with Crippen LogP contribution in [0.3, 0.4) is 0 Å². The van der Waals surface area contributed by atoms with Crippen molar-refractivity contribution in [2.75, 3.05) is 0 Å². The average molecular weight is 395 g/mol. The number of benzene rings is 1. The van der Waals surface area contributed by atoms with Crippen molar-refractivity contribution in [1.82, 2.24) is 5.32 Å². The predicted molar refractivity (Wildman–Crippen MR) is 105 cm³/mol. The Bertz CT molecular complexity index is 705. The first-order chi connectivity index (χ1) is 12.9. The lowest BCUT2D eigenvalue weighted by Crippen LogP contribution is -2.41. The summed E-state index contributed by atoms with van der Waals surface area (Å²) >= 11 is 5.98. The van der Waals surface area contributed by atoms with Gasteiger partial charge in [0, 0.05) is 18.0 Å². The molecular formula is C21H28ClFN2O2. The van der Waals surface area contributed by atoms with Gasteiger partial charge in [-0.05, 0) is 30.9 Å². The Balaban J connectivity index is 1.87. The van der Waals surface area contributed by atoms with Crippen molar-refractivity contribution >= 4 is 17.6 Å². The molecule has 27 heavy (non-hydrogen) atoms. The summed E-state index contributed by atoms with van der Waals surface area (Å²) in [5, 5.41) is 3.37. The van der Waals surface area contributed by atoms with Crippen LogP contribution in [-0.2, 0) is 9.53 Å². The molecular weight excluding hydrogens is 367 g/mol. The summed E-state index contributed by atoms with van der Waals surface area (Å²) in [6.45, 7) is 5.24. The van der Waals surface area contributed by atoms with E-state index in [1.165, 1.54) is 38.2 Å². The molecule has 148 valence electrons. The fourth-order valence-electron chi connectivity index (χ4n) is 4.54. The van der Waals surface area contributed by atoms with Gasteiger partial charge in [0.15, 0.2) is 0 Å². The van der Waals surface area contributed by atoms with Crippen molar-refractivity contribution in [1.29, 1.82) is 0 Å². The molecule has 2 fully saturated rings. The van der Waals surface area contributed by atoms with E-state index in [-0.39, 0.29) is 11.1 Å². The van der Waals surface area contributed by atoms with Crippen LogP contribution in [0.5, 0.6) is 0 Å². The average Bonchev–Trinajstić information content (AvgIpc) is 2.94. The number of carbonyl (C=O) groups is 1. The first-order valence-electron chi connectivity index (χ1n) is 9.71. The SMILES string of the molecule is C=C(C)OC(=O)[C@H]1N[C@@H](CC2CCCCC2)C(N)[C@H]1c1cccc(Cl)c1F. The predicted octanol–water partition coefficient (Wildman–Crippen LogP) is 4.28. The highest BCUT2D eigenvalue weighted by Gasteiger charge is 2.47. The molecule has 1 saturated carbocycles. The van der Waals surface area contributed by atoms with Crippen LogP contribution in [0.1, 0.15) is 56.9 Å². The third kappa shape index (κ3) is 4.53. The molecule has 1 aliphatic carbocycles. The summed E-state index contributed by atoms with van der Waals surface area (Å²) in [5.74, 6) is -0.648. The van der Waals surface area contributed by atoms with E-state index in [1.807, 2.05) is 0 Å². The van der Waals surface area contributed by atoms with Crippen LogP contribution in [0.4, 0.5) is 4.39 Å². The Kier molecular flexibility index (Phi) is 6.56. The van der Waals surface area contributed by atoms with Crippen molar-refractivity contribution in [3.8, 4) is 0 Å². The maximum atomic E-state index is 14.7. The first kappa shape index (κ1) is 20.3. The molecule has 1 heterocycles. The standard InChI is InChI=1S/C21H28ClFN2O2/c1-12(2)27-21(26)20-17(14-9-6-10-15(22)18(14)23)19(24)16(25-20)11-13-7-4-3-5-8-13/h6,9-10,13,16-17,19-20,25H,1,3-5,7-8,11,24H2,2H3/t16-,17+,19?,20-/m0/s1. The largest absolute Gasteiger partial charge is 0.431 e. The van der Waals surface area contributed by atoms with Gasteiger partial charge in [-0.2, -0.15) is 0 Å². The van der Waals surface area contributed by atoms with E-state index >= 15 is 0 Å². The number of carbonyl (C=O) groups excluding carboxylic acids is 1. The molecule has 3 N–H and O–H groups in total. The van der Waals surface area contributed by atoms with Gasteiger partial charge < -0.3 is 10.5 Å². The Morgan fingerprint density at radius 3 is 2.74 bits per heavy atom. The minimum Gasteiger partial charge on any atom is -0.431 e. The number of halogens is 2. The summed E-state index contributed by atoms with van der Waals surface area (Å²) in [5.41, 5.74) is 6.91. The highest BCUT2D eigenvalue weighted by molar-refractivity contribution is 6.30. The topological polar surface area (TPSA) is 64.3 Å². The second-order valence-corrected chi connectivity index (χ2v) is 8.27. The van der Waals surface area contributed by atoms with E-state index in [2.05, 4.69) is 11.9 Å². The van der Waals surface area contributed by atoms with Crippen LogP contribution in [0, 0.1) is 11.7 Å². The number of hydrogen-bond acceptors (Lipinski definition) is 4. The zero-order valence-corrected chi connectivity index (χ0v) is 16.5. The molecule has 0 spiro atoms. The normalized spacial score (nSPS) is 28.9. The fraction of sp³-hybridized carbons (Fsp3) is 0.571. The number of nitrogens with one attached hydrogen (secondary N) is 1. The number of allylic oxidation sites excluding steroid dienone is 1. The third-order valence-electron chi connectivity index (χ3n) is 5.81. The number of hydrogen-bond donors (Lipinski definition) is 2. The first-order valence-corrected chi connectivity index (χ1v) is 10.1. The van der Waals surface area contributed by atoms with Crippen molar-refractivity contribution in [2.24, 2.45) is 11.7 Å². The summed E-state index contributed by atoms with van der Waals surface area (Å²) < 4.78 is 20.0. The molecule has 1 aromatic rings. The molecule has 1 unspecified atom stereocenters. The second-order valence-electron chi connectivity index (χ2n) is 7.86. The summed E-state index contributed by atoms with van der Waals surface area (Å²) in [7, 11) is 0. The van der Waals surface area contributed by atoms with E-state index in [9.17, 15) is 9.18 Å². The van der Waals surface area contributed by atoms with Gasteiger partial charge in [0.2, 0.25) is 0 Å². The number of nitrogens with two attached hydrogens (primary N) is 1. The van der Waals surface area contributed by atoms with E-state index in [0.717, 1.165) is 6.42 Å². The van der Waals surface area contributed by atoms with Crippen molar-refractivity contribution in [3.05, 3.63) is 46.9 Å². The van der Waals surface area contributed by atoms with Crippen molar-refractivity contribution < 1.29 is 13.9 Å². The van der Waals surface area contributed by atoms with Crippen LogP contribution >= 0.6 is 11.6 Å². The fourth-order valence-corrected chi connectivity index (χ4v) is 4.72. The minimum atomic E-state index is -0.724. The van der Waals surface area contributed by atoms with Gasteiger partial charge in [-0.1, -0.05) is 62.4 Å². The highest BCUT2D eigenvalue weighted by atomic mass is 35.5. The van der Waals surface area contributed by atoms with Gasteiger partial charge in [-0.25, -0.2) is 9.18 Å². The second kappa shape index (κ2) is 8.72. The molecule has 6 heteroatoms. The van der Waals surface area contributed by atoms with E-state index in [1.54, 1.807) is 19.1 Å². The molecule has 1 saturated heterocycles. The van der Waals surface area contributed by atoms with Crippen LogP contribution in [-0.4, -0.2) is 24.1 Å². The Morgan fingerprint density at radius 2 is 2.07 bits per heavy atom. The minimum absolute atomic E-state index is 0.0300. The lowest BCUT2D eigenvalue weighted by Gasteiger charge is -2.27. The quantitative estimate of drug-likeness (QED) is 0.578. The molecule has 0 bridgehead atoms. The summed E-state index contributed by atoms with van der Waals surface area (Å²) in [6.07, 6.45) is 7.01. The number of rotatable bonds is 5. The van der Waals surface area contributed by atoms with Crippen LogP contribution < -0.4 is 11.1 Å². The van der Waals surface area contributed by atoms with Gasteiger partial charge in [-0.3, -0.25) is 5.32 Å². The summed E-state index contributed by atoms with van der Waals surface area (Å²) in [6, 6.07) is 3.63. The number of ether oxygens (including phenoxy) is 1. The zero-order chi connectivity index (χ0) is 19.6. The maximum absolute atomic E-state index is 14.7. The molecule has 0 radical (unpaired) electrons. The van der Waals surface area contributed by atoms with Gasteiger partial charge >= 0.3 is 5.97 Å². The van der Waals surface area contributed by atoms with Gasteiger partial charge in [-0.15, -0.1) is 0 Å². The Hall–Kier alpha value is -1.43. The lowest BCUT2D eigenvalue weighted by atomic mass is 9.81. The maximum Gasteiger partial charge on any atom is 0.328 e. The van der Waals surface area contributed by atoms with Gasteiger partial charge in [0.05, 0.1) is 10.8 Å². The molecule has 0 aromatic heterocycles. The monoisotopic (exact) mass is 394 g/mol. The van der Waals surface area contributed by atoms with E-state index < -0.39 is 29.8 Å². The molecule has 0 amide bonds. The van der Waals surface area contributed by atoms with Gasteiger partial charge in [0.1, 0.15) is 11.9 Å². The Morgan fingerprint density at radius 1 is 1.37 bits per heavy atom. The van der Waals surface area contributed by atoms with Crippen LogP contribution in [0.25, 0.3) is 0 Å². The molecule has 4 nitrogen and oxygen atoms in total. The number of esters is 1. The van der Waals surface area contributed by atoms with E-state index in [0.29, 0.717) is 17.2 Å². The molecule has 3 rings (SSSR count). The van der Waals surface area contributed by atoms with Crippen LogP contribution in [0.2, 0.25) is 5.02 Å². The third-order valence-corrected chi connectivity index (χ3v) is 6.11. The van der Waals surface area contributed by atoms with Gasteiger partial charge in [0.25, 0.3) is 0 Å². The van der Waals surface area contributed by atoms with Crippen LogP contribution in [0.15, 0.2) is 30.5 Å². The zero-order valence-electron chi connectivity index (χ0n) is 15.7. The lowest BCUT2D eigenvalue weighted by molar-refractivity contribution is -0.141. The van der Waals surface area contributed by atoms with Crippen molar-refractivity contribution in [2.45, 2.75) is 69.5 Å². The Labute approximate surface area is 165 Å². The smallest absolute Gasteiger partial charge is 0.328 e. The van der Waals surface area contributed by atoms with Crippen molar-refractivity contribution in [3.63, 3.8) is 0 Å². The summed E-state index contributed by atoms with van der Waals surface area (Å²) in [4.78, 5) is 12.7. The highest BCUT2D eigenvalue weighted by Crippen LogP contribution is 2.38. The molecule has 2 aliphatic rings. The molecule has 1 aliphatic heterocycles. The van der Waals surface area contributed by atoms with E-state index in [4.69, 9.17) is 22.1 Å².